The van der Waals surface area contributed by atoms with Gasteiger partial charge in [-0.3, -0.25) is 4.79 Å². The summed E-state index contributed by atoms with van der Waals surface area (Å²) >= 11 is 7.43. The maximum atomic E-state index is 12.7. The molecular formula is C23H28ClN5OS. The van der Waals surface area contributed by atoms with Crippen molar-refractivity contribution in [3.8, 4) is 11.4 Å². The molecule has 1 N–H and O–H groups in total. The molecule has 6 nitrogen and oxygen atoms in total. The van der Waals surface area contributed by atoms with E-state index in [0.29, 0.717) is 10.2 Å². The summed E-state index contributed by atoms with van der Waals surface area (Å²) < 4.78 is 1.92. The van der Waals surface area contributed by atoms with E-state index in [9.17, 15) is 4.79 Å². The first-order chi connectivity index (χ1) is 14.8. The van der Waals surface area contributed by atoms with Crippen molar-refractivity contribution in [1.82, 2.24) is 14.8 Å². The molecular weight excluding hydrogens is 430 g/mol. The first-order valence-electron chi connectivity index (χ1n) is 10.3. The Bertz CT molecular complexity index is 1050. The third-order valence-corrected chi connectivity index (χ3v) is 6.57. The number of carbonyl (C=O) groups is 1. The topological polar surface area (TPSA) is 63.1 Å². The van der Waals surface area contributed by atoms with Gasteiger partial charge in [-0.2, -0.15) is 0 Å². The molecule has 1 amide bonds. The van der Waals surface area contributed by atoms with Crippen LogP contribution in [0.5, 0.6) is 0 Å². The number of hydrogen-bond acceptors (Lipinski definition) is 5. The Labute approximate surface area is 193 Å². The van der Waals surface area contributed by atoms with E-state index in [1.807, 2.05) is 31.5 Å². The quantitative estimate of drug-likeness (QED) is 0.458. The van der Waals surface area contributed by atoms with E-state index < -0.39 is 0 Å². The SMILES string of the molecule is CCN(CC)c1ccc(-c2nnc(SC(C)C(=O)Nc3cc(Cl)ccc3C)n2C)cc1. The summed E-state index contributed by atoms with van der Waals surface area (Å²) in [6, 6.07) is 13.8. The molecule has 0 spiro atoms. The zero-order chi connectivity index (χ0) is 22.5. The first-order valence-corrected chi connectivity index (χ1v) is 11.6. The number of nitrogens with one attached hydrogen (secondary N) is 1. The van der Waals surface area contributed by atoms with E-state index >= 15 is 0 Å². The Morgan fingerprint density at radius 2 is 1.84 bits per heavy atom. The van der Waals surface area contributed by atoms with Crippen molar-refractivity contribution in [3.05, 3.63) is 53.1 Å². The zero-order valence-electron chi connectivity index (χ0n) is 18.5. The van der Waals surface area contributed by atoms with E-state index in [2.05, 4.69) is 58.5 Å². The summed E-state index contributed by atoms with van der Waals surface area (Å²) in [6.07, 6.45) is 0. The van der Waals surface area contributed by atoms with Crippen LogP contribution >= 0.6 is 23.4 Å². The number of carbonyl (C=O) groups excluding carboxylic acids is 1. The van der Waals surface area contributed by atoms with Crippen molar-refractivity contribution in [1.29, 1.82) is 0 Å². The highest BCUT2D eigenvalue weighted by atomic mass is 35.5. The summed E-state index contributed by atoms with van der Waals surface area (Å²) in [5.74, 6) is 0.662. The van der Waals surface area contributed by atoms with E-state index in [4.69, 9.17) is 11.6 Å². The normalized spacial score (nSPS) is 11.9. The molecule has 0 bridgehead atoms. The van der Waals surface area contributed by atoms with Gasteiger partial charge in [0.05, 0.1) is 5.25 Å². The minimum Gasteiger partial charge on any atom is -0.372 e. The summed E-state index contributed by atoms with van der Waals surface area (Å²) in [5, 5.41) is 12.5. The average Bonchev–Trinajstić information content (AvgIpc) is 3.12. The first kappa shape index (κ1) is 23.2. The number of anilines is 2. The standard InChI is InChI=1S/C23H28ClN5OS/c1-6-29(7-2)19-12-9-17(10-13-19)21-26-27-23(28(21)5)31-16(4)22(30)25-20-14-18(24)11-8-15(20)3/h8-14,16H,6-7H2,1-5H3,(H,25,30). The molecule has 0 aliphatic heterocycles. The van der Waals surface area contributed by atoms with Gasteiger partial charge in [-0.1, -0.05) is 29.4 Å². The van der Waals surface area contributed by atoms with Gasteiger partial charge in [0, 0.05) is 42.1 Å². The van der Waals surface area contributed by atoms with E-state index in [-0.39, 0.29) is 11.2 Å². The van der Waals surface area contributed by atoms with Crippen molar-refractivity contribution in [2.75, 3.05) is 23.3 Å². The Hall–Kier alpha value is -2.51. The molecule has 0 saturated carbocycles. The van der Waals surface area contributed by atoms with Gasteiger partial charge in [-0.05, 0) is 69.7 Å². The van der Waals surface area contributed by atoms with Crippen molar-refractivity contribution in [2.24, 2.45) is 7.05 Å². The third kappa shape index (κ3) is 5.40. The molecule has 8 heteroatoms. The van der Waals surface area contributed by atoms with Gasteiger partial charge >= 0.3 is 0 Å². The number of aromatic nitrogens is 3. The van der Waals surface area contributed by atoms with Crippen LogP contribution < -0.4 is 10.2 Å². The molecule has 3 rings (SSSR count). The van der Waals surface area contributed by atoms with Crippen LogP contribution in [0.25, 0.3) is 11.4 Å². The molecule has 0 aliphatic carbocycles. The molecule has 164 valence electrons. The summed E-state index contributed by atoms with van der Waals surface area (Å²) in [6.45, 7) is 10.0. The monoisotopic (exact) mass is 457 g/mol. The van der Waals surface area contributed by atoms with Gasteiger partial charge in [-0.25, -0.2) is 0 Å². The number of amides is 1. The second-order valence-electron chi connectivity index (χ2n) is 7.29. The van der Waals surface area contributed by atoms with Gasteiger partial charge in [0.15, 0.2) is 11.0 Å². The highest BCUT2D eigenvalue weighted by molar-refractivity contribution is 8.00. The number of nitrogens with zero attached hydrogens (tertiary/aromatic N) is 4. The molecule has 0 fully saturated rings. The largest absolute Gasteiger partial charge is 0.372 e. The summed E-state index contributed by atoms with van der Waals surface area (Å²) in [5.41, 5.74) is 3.86. The van der Waals surface area contributed by atoms with Crippen LogP contribution in [0.1, 0.15) is 26.3 Å². The number of hydrogen-bond donors (Lipinski definition) is 1. The molecule has 2 aromatic carbocycles. The van der Waals surface area contributed by atoms with Crippen molar-refractivity contribution in [2.45, 2.75) is 38.1 Å². The van der Waals surface area contributed by atoms with Gasteiger partial charge in [0.1, 0.15) is 0 Å². The number of aryl methyl sites for hydroxylation is 1. The minimum absolute atomic E-state index is 0.108. The Kier molecular flexibility index (Phi) is 7.62. The predicted molar refractivity (Wildman–Crippen MR) is 130 cm³/mol. The van der Waals surface area contributed by atoms with E-state index in [1.165, 1.54) is 17.4 Å². The number of benzene rings is 2. The van der Waals surface area contributed by atoms with Crippen LogP contribution in [0.15, 0.2) is 47.6 Å². The zero-order valence-corrected chi connectivity index (χ0v) is 20.1. The van der Waals surface area contributed by atoms with Gasteiger partial charge in [0.2, 0.25) is 5.91 Å². The molecule has 1 aromatic heterocycles. The van der Waals surface area contributed by atoms with Gasteiger partial charge in [-0.15, -0.1) is 10.2 Å². The highest BCUT2D eigenvalue weighted by Gasteiger charge is 2.20. The van der Waals surface area contributed by atoms with Crippen LogP contribution in [-0.4, -0.2) is 39.0 Å². The predicted octanol–water partition coefficient (Wildman–Crippen LogP) is 5.41. The van der Waals surface area contributed by atoms with Crippen LogP contribution in [-0.2, 0) is 11.8 Å². The molecule has 1 heterocycles. The van der Waals surface area contributed by atoms with Gasteiger partial charge in [0.25, 0.3) is 0 Å². The molecule has 0 aliphatic rings. The van der Waals surface area contributed by atoms with Crippen LogP contribution in [0.4, 0.5) is 11.4 Å². The van der Waals surface area contributed by atoms with Crippen LogP contribution in [0.2, 0.25) is 5.02 Å². The fourth-order valence-corrected chi connectivity index (χ4v) is 4.24. The fraction of sp³-hybridized carbons (Fsp3) is 0.348. The van der Waals surface area contributed by atoms with E-state index in [0.717, 1.165) is 35.7 Å². The molecule has 1 atom stereocenters. The number of thioether (sulfide) groups is 1. The van der Waals surface area contributed by atoms with Gasteiger partial charge < -0.3 is 14.8 Å². The van der Waals surface area contributed by atoms with Crippen LogP contribution in [0, 0.1) is 6.92 Å². The maximum absolute atomic E-state index is 12.7. The highest BCUT2D eigenvalue weighted by Crippen LogP contribution is 2.28. The maximum Gasteiger partial charge on any atom is 0.237 e. The number of halogens is 1. The molecule has 3 aromatic rings. The molecule has 1 unspecified atom stereocenters. The molecule has 31 heavy (non-hydrogen) atoms. The molecule has 0 radical (unpaired) electrons. The van der Waals surface area contributed by atoms with Crippen molar-refractivity contribution in [3.63, 3.8) is 0 Å². The Balaban J connectivity index is 1.71. The molecule has 0 saturated heterocycles. The van der Waals surface area contributed by atoms with E-state index in [1.54, 1.807) is 12.1 Å². The lowest BCUT2D eigenvalue weighted by molar-refractivity contribution is -0.115. The lowest BCUT2D eigenvalue weighted by Gasteiger charge is -2.21. The summed E-state index contributed by atoms with van der Waals surface area (Å²) in [7, 11) is 1.92. The number of rotatable bonds is 8. The average molecular weight is 458 g/mol. The van der Waals surface area contributed by atoms with Crippen LogP contribution in [0.3, 0.4) is 0 Å². The Morgan fingerprint density at radius 3 is 2.48 bits per heavy atom. The summed E-state index contributed by atoms with van der Waals surface area (Å²) in [4.78, 5) is 15.0. The Morgan fingerprint density at radius 1 is 1.16 bits per heavy atom. The smallest absolute Gasteiger partial charge is 0.237 e. The minimum atomic E-state index is -0.348. The third-order valence-electron chi connectivity index (χ3n) is 5.20. The lowest BCUT2D eigenvalue weighted by Crippen LogP contribution is -2.23. The second-order valence-corrected chi connectivity index (χ2v) is 9.04. The lowest BCUT2D eigenvalue weighted by atomic mass is 10.2. The van der Waals surface area contributed by atoms with Crippen molar-refractivity contribution >= 4 is 40.6 Å². The fourth-order valence-electron chi connectivity index (χ4n) is 3.25. The second kappa shape index (κ2) is 10.2. The van der Waals surface area contributed by atoms with Crippen molar-refractivity contribution < 1.29 is 4.79 Å².